The zero-order valence-corrected chi connectivity index (χ0v) is 8.64. The van der Waals surface area contributed by atoms with E-state index in [4.69, 9.17) is 11.6 Å². The third-order valence-corrected chi connectivity index (χ3v) is 2.05. The van der Waals surface area contributed by atoms with E-state index in [1.807, 2.05) is 6.92 Å². The maximum Gasteiger partial charge on any atom is 0.224 e. The lowest BCUT2D eigenvalue weighted by Crippen LogP contribution is -2.02. The molecule has 2 heterocycles. The van der Waals surface area contributed by atoms with Crippen LogP contribution in [0.3, 0.4) is 0 Å². The molecule has 76 valence electrons. The number of aromatic nitrogens is 4. The topological polar surface area (TPSA) is 60.7 Å². The number of rotatable bonds is 2. The van der Waals surface area contributed by atoms with Gasteiger partial charge in [-0.25, -0.2) is 9.67 Å². The first-order valence-electron chi connectivity index (χ1n) is 4.20. The van der Waals surface area contributed by atoms with Gasteiger partial charge in [0, 0.05) is 18.0 Å². The first kappa shape index (κ1) is 9.79. The van der Waals surface area contributed by atoms with Crippen molar-refractivity contribution in [1.82, 2.24) is 19.7 Å². The Morgan fingerprint density at radius 2 is 2.27 bits per heavy atom. The van der Waals surface area contributed by atoms with E-state index in [0.29, 0.717) is 11.4 Å². The highest BCUT2D eigenvalue weighted by Crippen LogP contribution is 2.11. The fraction of sp³-hybridized carbons (Fsp3) is 0.111. The molecule has 0 saturated carbocycles. The van der Waals surface area contributed by atoms with Crippen LogP contribution in [-0.4, -0.2) is 26.0 Å². The van der Waals surface area contributed by atoms with Crippen LogP contribution < -0.4 is 0 Å². The molecule has 2 aromatic heterocycles. The van der Waals surface area contributed by atoms with Crippen LogP contribution in [0.15, 0.2) is 18.6 Å². The fourth-order valence-electron chi connectivity index (χ4n) is 1.16. The van der Waals surface area contributed by atoms with Crippen LogP contribution >= 0.6 is 11.6 Å². The summed E-state index contributed by atoms with van der Waals surface area (Å²) >= 11 is 5.67. The molecule has 0 atom stereocenters. The molecule has 2 aromatic rings. The van der Waals surface area contributed by atoms with Crippen molar-refractivity contribution < 1.29 is 4.79 Å². The first-order chi connectivity index (χ1) is 7.20. The SMILES string of the molecule is Cc1cnc(Cl)nc1-n1cc(C=O)cn1. The number of aryl methyl sites for hydroxylation is 1. The van der Waals surface area contributed by atoms with E-state index < -0.39 is 0 Å². The minimum atomic E-state index is 0.152. The molecule has 0 aliphatic carbocycles. The number of halogens is 1. The average Bonchev–Trinajstić information content (AvgIpc) is 2.70. The number of nitrogens with zero attached hydrogens (tertiary/aromatic N) is 4. The highest BCUT2D eigenvalue weighted by Gasteiger charge is 2.06. The summed E-state index contributed by atoms with van der Waals surface area (Å²) in [5.41, 5.74) is 1.32. The molecule has 0 saturated heterocycles. The van der Waals surface area contributed by atoms with Crippen molar-refractivity contribution in [2.45, 2.75) is 6.92 Å². The van der Waals surface area contributed by atoms with E-state index in [-0.39, 0.29) is 5.28 Å². The first-order valence-corrected chi connectivity index (χ1v) is 4.58. The van der Waals surface area contributed by atoms with E-state index >= 15 is 0 Å². The summed E-state index contributed by atoms with van der Waals surface area (Å²) in [4.78, 5) is 18.4. The van der Waals surface area contributed by atoms with Crippen LogP contribution in [0.2, 0.25) is 5.28 Å². The van der Waals surface area contributed by atoms with Gasteiger partial charge in [-0.05, 0) is 18.5 Å². The molecule has 0 unspecified atom stereocenters. The summed E-state index contributed by atoms with van der Waals surface area (Å²) in [6.07, 6.45) is 5.37. The Hall–Kier alpha value is -1.75. The third kappa shape index (κ3) is 1.87. The van der Waals surface area contributed by atoms with Crippen molar-refractivity contribution >= 4 is 17.9 Å². The number of hydrogen-bond acceptors (Lipinski definition) is 4. The monoisotopic (exact) mass is 222 g/mol. The Bertz CT molecular complexity index is 509. The number of carbonyl (C=O) groups excluding carboxylic acids is 1. The van der Waals surface area contributed by atoms with Crippen molar-refractivity contribution in [3.8, 4) is 5.82 Å². The largest absolute Gasteiger partial charge is 0.298 e. The van der Waals surface area contributed by atoms with Gasteiger partial charge in [0.05, 0.1) is 11.8 Å². The zero-order valence-electron chi connectivity index (χ0n) is 7.88. The molecule has 2 rings (SSSR count). The smallest absolute Gasteiger partial charge is 0.224 e. The van der Waals surface area contributed by atoms with Crippen molar-refractivity contribution in [1.29, 1.82) is 0 Å². The average molecular weight is 223 g/mol. The Labute approximate surface area is 90.7 Å². The van der Waals surface area contributed by atoms with Gasteiger partial charge in [-0.3, -0.25) is 4.79 Å². The van der Waals surface area contributed by atoms with Crippen molar-refractivity contribution in [3.05, 3.63) is 35.0 Å². The lowest BCUT2D eigenvalue weighted by Gasteiger charge is -2.03. The molecule has 0 fully saturated rings. The number of aldehydes is 1. The summed E-state index contributed by atoms with van der Waals surface area (Å²) in [6, 6.07) is 0. The van der Waals surface area contributed by atoms with Gasteiger partial charge in [-0.2, -0.15) is 10.1 Å². The van der Waals surface area contributed by atoms with Crippen molar-refractivity contribution in [2.24, 2.45) is 0 Å². The maximum atomic E-state index is 10.5. The highest BCUT2D eigenvalue weighted by molar-refractivity contribution is 6.28. The second-order valence-electron chi connectivity index (χ2n) is 2.98. The molecular weight excluding hydrogens is 216 g/mol. The van der Waals surface area contributed by atoms with Crippen LogP contribution in [0.4, 0.5) is 0 Å². The van der Waals surface area contributed by atoms with Gasteiger partial charge in [0.15, 0.2) is 12.1 Å². The Balaban J connectivity index is 2.52. The minimum absolute atomic E-state index is 0.152. The van der Waals surface area contributed by atoms with E-state index in [9.17, 15) is 4.79 Å². The van der Waals surface area contributed by atoms with Crippen LogP contribution in [-0.2, 0) is 0 Å². The summed E-state index contributed by atoms with van der Waals surface area (Å²) in [5, 5.41) is 4.15. The van der Waals surface area contributed by atoms with E-state index in [1.54, 1.807) is 12.4 Å². The van der Waals surface area contributed by atoms with Gasteiger partial charge in [0.25, 0.3) is 0 Å². The number of carbonyl (C=O) groups is 1. The molecular formula is C9H7ClN4O. The van der Waals surface area contributed by atoms with Gasteiger partial charge < -0.3 is 0 Å². The lowest BCUT2D eigenvalue weighted by atomic mass is 10.3. The Kier molecular flexibility index (Phi) is 2.47. The molecule has 5 nitrogen and oxygen atoms in total. The van der Waals surface area contributed by atoms with Crippen molar-refractivity contribution in [3.63, 3.8) is 0 Å². The van der Waals surface area contributed by atoms with Gasteiger partial charge in [-0.15, -0.1) is 0 Å². The van der Waals surface area contributed by atoms with Gasteiger partial charge in [0.1, 0.15) is 0 Å². The summed E-state index contributed by atoms with van der Waals surface area (Å²) in [7, 11) is 0. The van der Waals surface area contributed by atoms with Crippen LogP contribution in [0, 0.1) is 6.92 Å². The molecule has 0 bridgehead atoms. The van der Waals surface area contributed by atoms with Crippen LogP contribution in [0.25, 0.3) is 5.82 Å². The molecule has 0 aliphatic heterocycles. The fourth-order valence-corrected chi connectivity index (χ4v) is 1.29. The van der Waals surface area contributed by atoms with Gasteiger partial charge >= 0.3 is 0 Å². The summed E-state index contributed by atoms with van der Waals surface area (Å²) < 4.78 is 1.49. The number of hydrogen-bond donors (Lipinski definition) is 0. The summed E-state index contributed by atoms with van der Waals surface area (Å²) in [5.74, 6) is 0.572. The molecule has 0 aliphatic rings. The quantitative estimate of drug-likeness (QED) is 0.570. The van der Waals surface area contributed by atoms with Gasteiger partial charge in [-0.1, -0.05) is 0 Å². The van der Waals surface area contributed by atoms with Crippen LogP contribution in [0.1, 0.15) is 15.9 Å². The minimum Gasteiger partial charge on any atom is -0.298 e. The predicted octanol–water partition coefficient (Wildman–Crippen LogP) is 1.44. The molecule has 0 spiro atoms. The molecule has 0 radical (unpaired) electrons. The van der Waals surface area contributed by atoms with Crippen LogP contribution in [0.5, 0.6) is 0 Å². The molecule has 0 aromatic carbocycles. The molecule has 0 N–H and O–H groups in total. The zero-order chi connectivity index (χ0) is 10.8. The van der Waals surface area contributed by atoms with Gasteiger partial charge in [0.2, 0.25) is 5.28 Å². The lowest BCUT2D eigenvalue weighted by molar-refractivity contribution is 0.112. The van der Waals surface area contributed by atoms with E-state index in [0.717, 1.165) is 11.8 Å². The second-order valence-corrected chi connectivity index (χ2v) is 3.32. The van der Waals surface area contributed by atoms with Crippen molar-refractivity contribution in [2.75, 3.05) is 0 Å². The predicted molar refractivity (Wildman–Crippen MR) is 54.3 cm³/mol. The van der Waals surface area contributed by atoms with E-state index in [2.05, 4.69) is 15.1 Å². The normalized spacial score (nSPS) is 10.3. The Morgan fingerprint density at radius 3 is 2.93 bits per heavy atom. The summed E-state index contributed by atoms with van der Waals surface area (Å²) in [6.45, 7) is 1.84. The highest BCUT2D eigenvalue weighted by atomic mass is 35.5. The standard InChI is InChI=1S/C9H7ClN4O/c1-6-2-11-9(10)13-8(6)14-4-7(5-15)3-12-14/h2-5H,1H3. The Morgan fingerprint density at radius 1 is 1.47 bits per heavy atom. The molecule has 6 heteroatoms. The molecule has 15 heavy (non-hydrogen) atoms. The second kappa shape index (κ2) is 3.78. The maximum absolute atomic E-state index is 10.5. The third-order valence-electron chi connectivity index (χ3n) is 1.87. The van der Waals surface area contributed by atoms with E-state index in [1.165, 1.54) is 10.9 Å². The molecule has 0 amide bonds.